The number of nitrogens with one attached hydrogen (secondary N) is 1. The Balaban J connectivity index is 2.70. The first-order valence-corrected chi connectivity index (χ1v) is 3.93. The lowest BCUT2D eigenvalue weighted by molar-refractivity contribution is 0.980. The summed E-state index contributed by atoms with van der Waals surface area (Å²) in [4.78, 5) is 0. The Bertz CT molecular complexity index is 275. The molecule has 1 rings (SSSR count). The van der Waals surface area contributed by atoms with Gasteiger partial charge in [0.1, 0.15) is 0 Å². The highest BCUT2D eigenvalue weighted by atomic mass is 15.0. The SMILES string of the molecule is C/C=C(/Cc1ccccc1)N=N. The third kappa shape index (κ3) is 2.31. The van der Waals surface area contributed by atoms with Crippen LogP contribution in [0, 0.1) is 5.53 Å². The highest BCUT2D eigenvalue weighted by molar-refractivity contribution is 5.20. The zero-order chi connectivity index (χ0) is 8.81. The Morgan fingerprint density at radius 1 is 1.42 bits per heavy atom. The molecule has 62 valence electrons. The second-order valence-electron chi connectivity index (χ2n) is 2.55. The van der Waals surface area contributed by atoms with Crippen molar-refractivity contribution in [3.63, 3.8) is 0 Å². The third-order valence-corrected chi connectivity index (χ3v) is 1.70. The number of rotatable bonds is 3. The molecule has 0 atom stereocenters. The molecule has 12 heavy (non-hydrogen) atoms. The van der Waals surface area contributed by atoms with Crippen LogP contribution >= 0.6 is 0 Å². The minimum Gasteiger partial charge on any atom is -0.205 e. The predicted octanol–water partition coefficient (Wildman–Crippen LogP) is 3.16. The van der Waals surface area contributed by atoms with Crippen LogP contribution in [-0.4, -0.2) is 0 Å². The van der Waals surface area contributed by atoms with Gasteiger partial charge in [-0.15, -0.1) is 0 Å². The van der Waals surface area contributed by atoms with Gasteiger partial charge in [-0.3, -0.25) is 0 Å². The van der Waals surface area contributed by atoms with Crippen LogP contribution in [0.3, 0.4) is 0 Å². The van der Waals surface area contributed by atoms with E-state index in [1.807, 2.05) is 43.3 Å². The zero-order valence-corrected chi connectivity index (χ0v) is 7.12. The standard InChI is InChI=1S/C10H12N2/c1-2-10(12-11)8-9-6-4-3-5-7-9/h2-7,11H,8H2,1H3/b10-2-,12-11?. The molecule has 0 fully saturated rings. The molecule has 0 aliphatic heterocycles. The number of nitrogens with zero attached hydrogens (tertiary/aromatic N) is 1. The van der Waals surface area contributed by atoms with Gasteiger partial charge >= 0.3 is 0 Å². The smallest absolute Gasteiger partial charge is 0.0624 e. The lowest BCUT2D eigenvalue weighted by Crippen LogP contribution is -1.85. The maximum Gasteiger partial charge on any atom is 0.0624 e. The van der Waals surface area contributed by atoms with Gasteiger partial charge in [-0.2, -0.15) is 5.11 Å². The van der Waals surface area contributed by atoms with E-state index in [1.165, 1.54) is 5.56 Å². The van der Waals surface area contributed by atoms with Crippen molar-refractivity contribution in [2.24, 2.45) is 5.11 Å². The van der Waals surface area contributed by atoms with E-state index in [1.54, 1.807) is 0 Å². The lowest BCUT2D eigenvalue weighted by atomic mass is 10.1. The minimum atomic E-state index is 0.751. The summed E-state index contributed by atoms with van der Waals surface area (Å²) in [6.07, 6.45) is 2.61. The molecule has 0 radical (unpaired) electrons. The molecular formula is C10H12N2. The summed E-state index contributed by atoms with van der Waals surface area (Å²) in [6.45, 7) is 1.90. The highest BCUT2D eigenvalue weighted by Gasteiger charge is 1.94. The van der Waals surface area contributed by atoms with E-state index in [4.69, 9.17) is 5.53 Å². The van der Waals surface area contributed by atoms with Crippen molar-refractivity contribution in [2.45, 2.75) is 13.3 Å². The lowest BCUT2D eigenvalue weighted by Gasteiger charge is -1.98. The van der Waals surface area contributed by atoms with E-state index in [9.17, 15) is 0 Å². The Hall–Kier alpha value is -1.44. The number of allylic oxidation sites excluding steroid dienone is 2. The van der Waals surface area contributed by atoms with E-state index in [0.717, 1.165) is 12.1 Å². The molecule has 2 heteroatoms. The maximum absolute atomic E-state index is 6.87. The van der Waals surface area contributed by atoms with Gasteiger partial charge in [-0.1, -0.05) is 36.4 Å². The van der Waals surface area contributed by atoms with Crippen molar-refractivity contribution >= 4 is 0 Å². The molecule has 0 aliphatic carbocycles. The molecule has 0 saturated carbocycles. The molecular weight excluding hydrogens is 148 g/mol. The van der Waals surface area contributed by atoms with E-state index >= 15 is 0 Å². The van der Waals surface area contributed by atoms with Crippen LogP contribution in [0.15, 0.2) is 47.2 Å². The number of hydrogen-bond acceptors (Lipinski definition) is 2. The first-order chi connectivity index (χ1) is 5.86. The fraction of sp³-hybridized carbons (Fsp3) is 0.200. The summed E-state index contributed by atoms with van der Waals surface area (Å²) in [5, 5.41) is 3.41. The van der Waals surface area contributed by atoms with Gasteiger partial charge in [0.2, 0.25) is 0 Å². The monoisotopic (exact) mass is 160 g/mol. The molecule has 0 bridgehead atoms. The van der Waals surface area contributed by atoms with Gasteiger partial charge in [0, 0.05) is 6.42 Å². The first-order valence-electron chi connectivity index (χ1n) is 3.93. The first kappa shape index (κ1) is 8.65. The molecule has 1 aromatic rings. The van der Waals surface area contributed by atoms with Gasteiger partial charge in [0.25, 0.3) is 0 Å². The quantitative estimate of drug-likeness (QED) is 0.659. The van der Waals surface area contributed by atoms with E-state index in [0.29, 0.717) is 0 Å². The molecule has 0 saturated heterocycles. The Kier molecular flexibility index (Phi) is 3.20. The fourth-order valence-corrected chi connectivity index (χ4v) is 1.01. The highest BCUT2D eigenvalue weighted by Crippen LogP contribution is 2.07. The van der Waals surface area contributed by atoms with Gasteiger partial charge in [0.05, 0.1) is 5.70 Å². The second-order valence-corrected chi connectivity index (χ2v) is 2.55. The molecule has 0 amide bonds. The molecule has 2 nitrogen and oxygen atoms in total. The van der Waals surface area contributed by atoms with Crippen molar-refractivity contribution in [3.05, 3.63) is 47.7 Å². The van der Waals surface area contributed by atoms with E-state index < -0.39 is 0 Å². The Labute approximate surface area is 72.4 Å². The van der Waals surface area contributed by atoms with Crippen LogP contribution < -0.4 is 0 Å². The van der Waals surface area contributed by atoms with Crippen molar-refractivity contribution < 1.29 is 0 Å². The Morgan fingerprint density at radius 2 is 2.08 bits per heavy atom. The van der Waals surface area contributed by atoms with Crippen LogP contribution in [0.5, 0.6) is 0 Å². The zero-order valence-electron chi connectivity index (χ0n) is 7.12. The van der Waals surface area contributed by atoms with Crippen molar-refractivity contribution in [1.82, 2.24) is 0 Å². The summed E-state index contributed by atoms with van der Waals surface area (Å²) in [5.41, 5.74) is 8.87. The van der Waals surface area contributed by atoms with Gasteiger partial charge in [-0.25, -0.2) is 5.53 Å². The Morgan fingerprint density at radius 3 is 2.58 bits per heavy atom. The average molecular weight is 160 g/mol. The summed E-state index contributed by atoms with van der Waals surface area (Å²) in [5.74, 6) is 0. The molecule has 0 unspecified atom stereocenters. The summed E-state index contributed by atoms with van der Waals surface area (Å²) in [7, 11) is 0. The molecule has 1 N–H and O–H groups in total. The minimum absolute atomic E-state index is 0.751. The summed E-state index contributed by atoms with van der Waals surface area (Å²) in [6, 6.07) is 10.0. The number of hydrogen-bond donors (Lipinski definition) is 1. The van der Waals surface area contributed by atoms with Crippen molar-refractivity contribution in [2.75, 3.05) is 0 Å². The average Bonchev–Trinajstić information content (AvgIpc) is 2.16. The molecule has 0 heterocycles. The van der Waals surface area contributed by atoms with Crippen LogP contribution in [0.4, 0.5) is 0 Å². The van der Waals surface area contributed by atoms with Crippen molar-refractivity contribution in [3.8, 4) is 0 Å². The molecule has 0 aromatic heterocycles. The summed E-state index contributed by atoms with van der Waals surface area (Å²) < 4.78 is 0. The van der Waals surface area contributed by atoms with Crippen LogP contribution in [0.2, 0.25) is 0 Å². The van der Waals surface area contributed by atoms with E-state index in [-0.39, 0.29) is 0 Å². The molecule has 0 spiro atoms. The fourth-order valence-electron chi connectivity index (χ4n) is 1.01. The second kappa shape index (κ2) is 4.44. The summed E-state index contributed by atoms with van der Waals surface area (Å²) >= 11 is 0. The molecule has 1 aromatic carbocycles. The topological polar surface area (TPSA) is 36.2 Å². The third-order valence-electron chi connectivity index (χ3n) is 1.70. The maximum atomic E-state index is 6.87. The number of benzene rings is 1. The normalized spacial score (nSPS) is 11.2. The van der Waals surface area contributed by atoms with Gasteiger partial charge in [0.15, 0.2) is 0 Å². The van der Waals surface area contributed by atoms with Crippen LogP contribution in [-0.2, 0) is 6.42 Å². The van der Waals surface area contributed by atoms with Gasteiger partial charge in [-0.05, 0) is 12.5 Å². The van der Waals surface area contributed by atoms with Crippen LogP contribution in [0.25, 0.3) is 0 Å². The molecule has 0 aliphatic rings. The predicted molar refractivity (Wildman–Crippen MR) is 49.1 cm³/mol. The van der Waals surface area contributed by atoms with E-state index in [2.05, 4.69) is 5.11 Å². The van der Waals surface area contributed by atoms with Crippen molar-refractivity contribution in [1.29, 1.82) is 5.53 Å². The van der Waals surface area contributed by atoms with Gasteiger partial charge < -0.3 is 0 Å². The largest absolute Gasteiger partial charge is 0.205 e. The van der Waals surface area contributed by atoms with Crippen LogP contribution in [0.1, 0.15) is 12.5 Å².